The summed E-state index contributed by atoms with van der Waals surface area (Å²) in [5.41, 5.74) is -0.0502. The second-order valence-electron chi connectivity index (χ2n) is 4.16. The van der Waals surface area contributed by atoms with Crippen LogP contribution in [0, 0.1) is 0 Å². The number of hydrogen-bond donors (Lipinski definition) is 1. The third-order valence-electron chi connectivity index (χ3n) is 3.00. The van der Waals surface area contributed by atoms with Crippen molar-refractivity contribution >= 4 is 15.8 Å². The third-order valence-corrected chi connectivity index (χ3v) is 5.28. The lowest BCUT2D eigenvalue weighted by Gasteiger charge is -2.21. The molecule has 1 aromatic heterocycles. The summed E-state index contributed by atoms with van der Waals surface area (Å²) in [5, 5.41) is 11.7. The first-order valence-electron chi connectivity index (χ1n) is 5.39. The van der Waals surface area contributed by atoms with Gasteiger partial charge in [0, 0.05) is 6.42 Å². The van der Waals surface area contributed by atoms with Crippen LogP contribution in [0.4, 0.5) is 0 Å². The second kappa shape index (κ2) is 4.48. The lowest BCUT2D eigenvalue weighted by Crippen LogP contribution is -2.30. The number of rotatable bonds is 3. The van der Waals surface area contributed by atoms with Gasteiger partial charge in [-0.3, -0.25) is 0 Å². The molecule has 1 unspecified atom stereocenters. The molecular weight excluding hydrogens is 246 g/mol. The van der Waals surface area contributed by atoms with E-state index in [-0.39, 0.29) is 23.5 Å². The molecule has 2 rings (SSSR count). The molecule has 94 valence electrons. The molecule has 1 saturated heterocycles. The molecule has 0 radical (unpaired) electrons. The maximum atomic E-state index is 11.8. The van der Waals surface area contributed by atoms with E-state index in [1.54, 1.807) is 0 Å². The molecule has 1 N–H and O–H groups in total. The van der Waals surface area contributed by atoms with Crippen molar-refractivity contribution in [3.63, 3.8) is 0 Å². The van der Waals surface area contributed by atoms with E-state index >= 15 is 0 Å². The highest BCUT2D eigenvalue weighted by Gasteiger charge is 2.31. The highest BCUT2D eigenvalue weighted by atomic mass is 32.2. The molecule has 17 heavy (non-hydrogen) atoms. The molecule has 1 atom stereocenters. The Morgan fingerprint density at radius 3 is 2.94 bits per heavy atom. The standard InChI is InChI=1S/C10H13NO5S/c12-10(13)8-6-11-16-9(8)5-7-3-1-2-4-17(7,14)15/h6-7H,1-5H2,(H,12,13). The summed E-state index contributed by atoms with van der Waals surface area (Å²) in [5.74, 6) is -0.823. The largest absolute Gasteiger partial charge is 0.478 e. The summed E-state index contributed by atoms with van der Waals surface area (Å²) < 4.78 is 28.4. The number of aromatic carboxylic acids is 1. The smallest absolute Gasteiger partial charge is 0.340 e. The van der Waals surface area contributed by atoms with E-state index in [1.165, 1.54) is 0 Å². The zero-order valence-electron chi connectivity index (χ0n) is 9.13. The van der Waals surface area contributed by atoms with Gasteiger partial charge in [0.1, 0.15) is 5.56 Å². The molecule has 0 saturated carbocycles. The van der Waals surface area contributed by atoms with Crippen LogP contribution in [-0.4, -0.2) is 35.7 Å². The molecule has 1 aliphatic rings. The lowest BCUT2D eigenvalue weighted by molar-refractivity contribution is 0.0694. The fraction of sp³-hybridized carbons (Fsp3) is 0.600. The Labute approximate surface area is 98.5 Å². The number of nitrogens with zero attached hydrogens (tertiary/aromatic N) is 1. The minimum absolute atomic E-state index is 0.0502. The summed E-state index contributed by atoms with van der Waals surface area (Å²) in [7, 11) is -3.12. The van der Waals surface area contributed by atoms with Gasteiger partial charge in [0.15, 0.2) is 15.6 Å². The van der Waals surface area contributed by atoms with Crippen molar-refractivity contribution in [2.75, 3.05) is 5.75 Å². The van der Waals surface area contributed by atoms with Crippen molar-refractivity contribution in [3.05, 3.63) is 17.5 Å². The summed E-state index contributed by atoms with van der Waals surface area (Å²) in [6.07, 6.45) is 3.29. The molecule has 0 amide bonds. The monoisotopic (exact) mass is 259 g/mol. The Bertz CT molecular complexity index is 519. The van der Waals surface area contributed by atoms with Crippen LogP contribution >= 0.6 is 0 Å². The van der Waals surface area contributed by atoms with Gasteiger partial charge in [0.05, 0.1) is 17.2 Å². The number of carboxylic acid groups (broad SMARTS) is 1. The SMILES string of the molecule is O=C(O)c1cnoc1CC1CCCCS1(=O)=O. The topological polar surface area (TPSA) is 97.5 Å². The van der Waals surface area contributed by atoms with Crippen molar-refractivity contribution in [2.24, 2.45) is 0 Å². The van der Waals surface area contributed by atoms with Crippen LogP contribution in [0.1, 0.15) is 35.4 Å². The minimum Gasteiger partial charge on any atom is -0.478 e. The van der Waals surface area contributed by atoms with Gasteiger partial charge in [-0.25, -0.2) is 13.2 Å². The van der Waals surface area contributed by atoms with Gasteiger partial charge >= 0.3 is 5.97 Å². The number of hydrogen-bond acceptors (Lipinski definition) is 5. The number of carboxylic acids is 1. The minimum atomic E-state index is -3.12. The molecule has 1 aliphatic heterocycles. The average Bonchev–Trinajstić information content (AvgIpc) is 2.69. The fourth-order valence-electron chi connectivity index (χ4n) is 2.04. The first-order chi connectivity index (χ1) is 8.00. The predicted molar refractivity (Wildman–Crippen MR) is 58.6 cm³/mol. The van der Waals surface area contributed by atoms with Gasteiger partial charge in [-0.1, -0.05) is 11.6 Å². The van der Waals surface area contributed by atoms with E-state index < -0.39 is 21.1 Å². The third kappa shape index (κ3) is 2.49. The molecule has 1 fully saturated rings. The first-order valence-corrected chi connectivity index (χ1v) is 7.10. The van der Waals surface area contributed by atoms with Crippen molar-refractivity contribution in [1.29, 1.82) is 0 Å². The van der Waals surface area contributed by atoms with Crippen LogP contribution in [-0.2, 0) is 16.3 Å². The summed E-state index contributed by atoms with van der Waals surface area (Å²) >= 11 is 0. The fourth-order valence-corrected chi connectivity index (χ4v) is 3.91. The molecule has 0 bridgehead atoms. The van der Waals surface area contributed by atoms with E-state index in [4.69, 9.17) is 9.63 Å². The zero-order valence-corrected chi connectivity index (χ0v) is 9.94. The van der Waals surface area contributed by atoms with Crippen LogP contribution in [0.5, 0.6) is 0 Å². The highest BCUT2D eigenvalue weighted by Crippen LogP contribution is 2.24. The van der Waals surface area contributed by atoms with Crippen LogP contribution in [0.3, 0.4) is 0 Å². The van der Waals surface area contributed by atoms with Gasteiger partial charge in [-0.2, -0.15) is 0 Å². The van der Waals surface area contributed by atoms with Crippen LogP contribution < -0.4 is 0 Å². The van der Waals surface area contributed by atoms with E-state index in [0.717, 1.165) is 12.6 Å². The van der Waals surface area contributed by atoms with Crippen molar-refractivity contribution in [1.82, 2.24) is 5.16 Å². The van der Waals surface area contributed by atoms with Gasteiger partial charge < -0.3 is 9.63 Å². The summed E-state index contributed by atoms with van der Waals surface area (Å²) in [6.45, 7) is 0. The second-order valence-corrected chi connectivity index (χ2v) is 6.56. The Morgan fingerprint density at radius 2 is 2.29 bits per heavy atom. The van der Waals surface area contributed by atoms with Gasteiger partial charge in [-0.15, -0.1) is 0 Å². The summed E-state index contributed by atoms with van der Waals surface area (Å²) in [4.78, 5) is 10.8. The maximum absolute atomic E-state index is 11.8. The molecule has 6 nitrogen and oxygen atoms in total. The van der Waals surface area contributed by atoms with Crippen molar-refractivity contribution in [2.45, 2.75) is 30.9 Å². The van der Waals surface area contributed by atoms with Gasteiger partial charge in [0.2, 0.25) is 0 Å². The summed E-state index contributed by atoms with van der Waals surface area (Å²) in [6, 6.07) is 0. The van der Waals surface area contributed by atoms with Crippen LogP contribution in [0.2, 0.25) is 0 Å². The Kier molecular flexibility index (Phi) is 3.19. The quantitative estimate of drug-likeness (QED) is 0.865. The number of aromatic nitrogens is 1. The zero-order chi connectivity index (χ0) is 12.5. The van der Waals surface area contributed by atoms with Crippen molar-refractivity contribution < 1.29 is 22.8 Å². The molecule has 7 heteroatoms. The Hall–Kier alpha value is -1.37. The predicted octanol–water partition coefficient (Wildman–Crippen LogP) is 0.883. The lowest BCUT2D eigenvalue weighted by atomic mass is 10.1. The van der Waals surface area contributed by atoms with E-state index in [2.05, 4.69) is 5.16 Å². The molecule has 0 aromatic carbocycles. The van der Waals surface area contributed by atoms with E-state index in [9.17, 15) is 13.2 Å². The molecule has 2 heterocycles. The van der Waals surface area contributed by atoms with Crippen molar-refractivity contribution in [3.8, 4) is 0 Å². The van der Waals surface area contributed by atoms with Gasteiger partial charge in [0.25, 0.3) is 0 Å². The molecular formula is C10H13NO5S. The molecule has 0 aliphatic carbocycles. The maximum Gasteiger partial charge on any atom is 0.340 e. The Balaban J connectivity index is 2.20. The Morgan fingerprint density at radius 1 is 1.53 bits per heavy atom. The average molecular weight is 259 g/mol. The number of sulfone groups is 1. The van der Waals surface area contributed by atoms with E-state index in [1.807, 2.05) is 0 Å². The van der Waals surface area contributed by atoms with E-state index in [0.29, 0.717) is 12.8 Å². The normalized spacial score (nSPS) is 23.4. The highest BCUT2D eigenvalue weighted by molar-refractivity contribution is 7.92. The van der Waals surface area contributed by atoms with Gasteiger partial charge in [-0.05, 0) is 12.8 Å². The first kappa shape index (κ1) is 12.1. The molecule has 1 aromatic rings. The number of carbonyl (C=O) groups is 1. The van der Waals surface area contributed by atoms with Crippen LogP contribution in [0.15, 0.2) is 10.7 Å². The van der Waals surface area contributed by atoms with Crippen LogP contribution in [0.25, 0.3) is 0 Å². The molecule has 0 spiro atoms.